The lowest BCUT2D eigenvalue weighted by Crippen LogP contribution is -2.53. The van der Waals surface area contributed by atoms with Gasteiger partial charge in [-0.25, -0.2) is 9.18 Å². The first-order valence-electron chi connectivity index (χ1n) is 8.90. The molecule has 2 amide bonds. The molecule has 0 aromatic heterocycles. The summed E-state index contributed by atoms with van der Waals surface area (Å²) in [5, 5.41) is 3.88. The minimum Gasteiger partial charge on any atom is -0.366 e. The third-order valence-corrected chi connectivity index (χ3v) is 5.51. The van der Waals surface area contributed by atoms with Crippen molar-refractivity contribution in [1.82, 2.24) is 10.2 Å². The van der Waals surface area contributed by atoms with Gasteiger partial charge in [-0.1, -0.05) is 35.9 Å². The molecule has 0 bridgehead atoms. The average Bonchev–Trinajstić information content (AvgIpc) is 3.43. The molecule has 0 spiro atoms. The fraction of sp³-hybridized carbons (Fsp3) is 0.350. The van der Waals surface area contributed by atoms with Crippen molar-refractivity contribution in [3.05, 3.63) is 64.9 Å². The van der Waals surface area contributed by atoms with E-state index in [0.717, 1.165) is 18.4 Å². The Balaban J connectivity index is 1.37. The van der Waals surface area contributed by atoms with Gasteiger partial charge in [0.05, 0.1) is 11.2 Å². The number of anilines is 1. The van der Waals surface area contributed by atoms with E-state index >= 15 is 0 Å². The van der Waals surface area contributed by atoms with Gasteiger partial charge >= 0.3 is 6.03 Å². The van der Waals surface area contributed by atoms with E-state index in [1.165, 1.54) is 6.07 Å². The smallest absolute Gasteiger partial charge is 0.318 e. The second-order valence-corrected chi connectivity index (χ2v) is 7.38. The molecule has 0 unspecified atom stereocenters. The number of rotatable bonds is 3. The highest BCUT2D eigenvalue weighted by Gasteiger charge is 2.46. The summed E-state index contributed by atoms with van der Waals surface area (Å²) in [6, 6.07) is 14.4. The van der Waals surface area contributed by atoms with E-state index in [0.29, 0.717) is 36.9 Å². The van der Waals surface area contributed by atoms with Crippen LogP contribution in [0.2, 0.25) is 5.02 Å². The van der Waals surface area contributed by atoms with Gasteiger partial charge in [-0.3, -0.25) is 0 Å². The van der Waals surface area contributed by atoms with E-state index in [1.807, 2.05) is 40.1 Å². The number of urea groups is 1. The highest BCUT2D eigenvalue weighted by atomic mass is 35.5. The van der Waals surface area contributed by atoms with E-state index in [-0.39, 0.29) is 17.4 Å². The van der Waals surface area contributed by atoms with Gasteiger partial charge in [-0.15, -0.1) is 0 Å². The van der Waals surface area contributed by atoms with Crippen molar-refractivity contribution in [2.75, 3.05) is 31.1 Å². The molecular formula is C20H21ClFN3O. The van der Waals surface area contributed by atoms with Gasteiger partial charge in [-0.2, -0.15) is 0 Å². The van der Waals surface area contributed by atoms with Crippen LogP contribution in [0.15, 0.2) is 48.5 Å². The van der Waals surface area contributed by atoms with Crippen LogP contribution >= 0.6 is 11.6 Å². The van der Waals surface area contributed by atoms with Gasteiger partial charge in [-0.05, 0) is 42.7 Å². The fourth-order valence-electron chi connectivity index (χ4n) is 3.52. The van der Waals surface area contributed by atoms with E-state index in [4.69, 9.17) is 11.6 Å². The van der Waals surface area contributed by atoms with Gasteiger partial charge in [0.15, 0.2) is 0 Å². The minimum absolute atomic E-state index is 0.0503. The van der Waals surface area contributed by atoms with E-state index in [2.05, 4.69) is 5.32 Å². The highest BCUT2D eigenvalue weighted by Crippen LogP contribution is 2.45. The Morgan fingerprint density at radius 2 is 1.65 bits per heavy atom. The van der Waals surface area contributed by atoms with E-state index in [1.54, 1.807) is 12.1 Å². The van der Waals surface area contributed by atoms with Crippen molar-refractivity contribution in [2.45, 2.75) is 18.4 Å². The number of hydrogen-bond donors (Lipinski definition) is 1. The Morgan fingerprint density at radius 3 is 2.27 bits per heavy atom. The number of para-hydroxylation sites is 1. The number of halogens is 2. The van der Waals surface area contributed by atoms with Crippen LogP contribution < -0.4 is 10.2 Å². The van der Waals surface area contributed by atoms with Crippen LogP contribution in [0.1, 0.15) is 18.4 Å². The molecular weight excluding hydrogens is 353 g/mol. The van der Waals surface area contributed by atoms with Crippen molar-refractivity contribution in [2.24, 2.45) is 0 Å². The zero-order valence-electron chi connectivity index (χ0n) is 14.4. The first-order valence-corrected chi connectivity index (χ1v) is 9.28. The summed E-state index contributed by atoms with van der Waals surface area (Å²) >= 11 is 5.96. The van der Waals surface area contributed by atoms with E-state index in [9.17, 15) is 9.18 Å². The number of nitrogens with one attached hydrogen (secondary N) is 1. The molecule has 1 aliphatic carbocycles. The number of amides is 2. The maximum absolute atomic E-state index is 13.9. The molecule has 4 rings (SSSR count). The summed E-state index contributed by atoms with van der Waals surface area (Å²) in [6.07, 6.45) is 1.88. The molecule has 6 heteroatoms. The maximum Gasteiger partial charge on any atom is 0.318 e. The molecule has 2 fully saturated rings. The monoisotopic (exact) mass is 373 g/mol. The SMILES string of the molecule is O=C(NC1(c2ccc(Cl)cc2)CC1)N1CCN(c2ccccc2F)CC1. The Morgan fingerprint density at radius 1 is 1.00 bits per heavy atom. The summed E-state index contributed by atoms with van der Waals surface area (Å²) in [7, 11) is 0. The summed E-state index contributed by atoms with van der Waals surface area (Å²) in [6.45, 7) is 2.42. The standard InChI is InChI=1S/C20H21ClFN3O/c21-16-7-5-15(6-8-16)20(9-10-20)23-19(26)25-13-11-24(12-14-25)18-4-2-1-3-17(18)22/h1-8H,9-14H2,(H,23,26). The first kappa shape index (κ1) is 17.2. The minimum atomic E-state index is -0.260. The van der Waals surface area contributed by atoms with Crippen molar-refractivity contribution >= 4 is 23.3 Å². The third kappa shape index (κ3) is 3.36. The van der Waals surface area contributed by atoms with Crippen LogP contribution in [0.25, 0.3) is 0 Å². The molecule has 0 atom stereocenters. The summed E-state index contributed by atoms with van der Waals surface area (Å²) in [5.41, 5.74) is 1.44. The number of piperazine rings is 1. The van der Waals surface area contributed by atoms with Crippen LogP contribution in [-0.4, -0.2) is 37.1 Å². The zero-order chi connectivity index (χ0) is 18.1. The summed E-state index contributed by atoms with van der Waals surface area (Å²) < 4.78 is 13.9. The topological polar surface area (TPSA) is 35.6 Å². The molecule has 2 aromatic carbocycles. The lowest BCUT2D eigenvalue weighted by atomic mass is 10.1. The predicted molar refractivity (Wildman–Crippen MR) is 101 cm³/mol. The molecule has 1 saturated heterocycles. The molecule has 1 aliphatic heterocycles. The van der Waals surface area contributed by atoms with Crippen LogP contribution in [0.5, 0.6) is 0 Å². The zero-order valence-corrected chi connectivity index (χ0v) is 15.2. The van der Waals surface area contributed by atoms with Crippen LogP contribution in [0.3, 0.4) is 0 Å². The van der Waals surface area contributed by atoms with Crippen LogP contribution in [0, 0.1) is 5.82 Å². The molecule has 2 aliphatic rings. The largest absolute Gasteiger partial charge is 0.366 e. The number of carbonyl (C=O) groups is 1. The van der Waals surface area contributed by atoms with Crippen molar-refractivity contribution in [1.29, 1.82) is 0 Å². The van der Waals surface area contributed by atoms with Gasteiger partial charge in [0.1, 0.15) is 5.82 Å². The maximum atomic E-state index is 13.9. The molecule has 136 valence electrons. The molecule has 1 N–H and O–H groups in total. The number of carbonyl (C=O) groups excluding carboxylic acids is 1. The fourth-order valence-corrected chi connectivity index (χ4v) is 3.65. The van der Waals surface area contributed by atoms with Crippen LogP contribution in [-0.2, 0) is 5.54 Å². The van der Waals surface area contributed by atoms with Gasteiger partial charge in [0.2, 0.25) is 0 Å². The van der Waals surface area contributed by atoms with Crippen molar-refractivity contribution in [3.63, 3.8) is 0 Å². The number of hydrogen-bond acceptors (Lipinski definition) is 2. The lowest BCUT2D eigenvalue weighted by molar-refractivity contribution is 0.188. The molecule has 26 heavy (non-hydrogen) atoms. The first-order chi connectivity index (χ1) is 12.6. The predicted octanol–water partition coefficient (Wildman–Crippen LogP) is 4.00. The normalized spacial score (nSPS) is 18.5. The molecule has 1 saturated carbocycles. The number of nitrogens with zero attached hydrogens (tertiary/aromatic N) is 2. The van der Waals surface area contributed by atoms with Crippen molar-refractivity contribution < 1.29 is 9.18 Å². The van der Waals surface area contributed by atoms with Gasteiger partial charge in [0, 0.05) is 31.2 Å². The highest BCUT2D eigenvalue weighted by molar-refractivity contribution is 6.30. The Kier molecular flexibility index (Phi) is 4.49. The molecule has 1 heterocycles. The lowest BCUT2D eigenvalue weighted by Gasteiger charge is -2.37. The van der Waals surface area contributed by atoms with Gasteiger partial charge in [0.25, 0.3) is 0 Å². The Bertz CT molecular complexity index is 799. The second-order valence-electron chi connectivity index (χ2n) is 6.94. The second kappa shape index (κ2) is 6.80. The average molecular weight is 374 g/mol. The summed E-state index contributed by atoms with van der Waals surface area (Å²) in [5.74, 6) is -0.218. The third-order valence-electron chi connectivity index (χ3n) is 5.25. The van der Waals surface area contributed by atoms with E-state index < -0.39 is 0 Å². The van der Waals surface area contributed by atoms with Crippen LogP contribution in [0.4, 0.5) is 14.9 Å². The Labute approximate surface area is 157 Å². The Hall–Kier alpha value is -2.27. The number of benzene rings is 2. The van der Waals surface area contributed by atoms with Crippen molar-refractivity contribution in [3.8, 4) is 0 Å². The molecule has 4 nitrogen and oxygen atoms in total. The summed E-state index contributed by atoms with van der Waals surface area (Å²) in [4.78, 5) is 16.5. The molecule has 0 radical (unpaired) electrons. The molecule has 2 aromatic rings. The van der Waals surface area contributed by atoms with Gasteiger partial charge < -0.3 is 15.1 Å². The quantitative estimate of drug-likeness (QED) is 0.882.